The average Bonchev–Trinajstić information content (AvgIpc) is 1.35. The van der Waals surface area contributed by atoms with Crippen LogP contribution in [0.25, 0.3) is 0 Å². The van der Waals surface area contributed by atoms with Gasteiger partial charge < -0.3 is 0 Å². The van der Waals surface area contributed by atoms with E-state index in [4.69, 9.17) is 0 Å². The normalized spacial score (nSPS) is 12.0. The maximum absolute atomic E-state index is 10.7. The zero-order chi connectivity index (χ0) is 5.21. The van der Waals surface area contributed by atoms with Crippen molar-refractivity contribution in [3.8, 4) is 0 Å². The molecule has 0 saturated heterocycles. The van der Waals surface area contributed by atoms with Crippen molar-refractivity contribution in [3.63, 3.8) is 0 Å². The van der Waals surface area contributed by atoms with Crippen LogP contribution < -0.4 is 0 Å². The molecule has 6 heavy (non-hydrogen) atoms. The van der Waals surface area contributed by atoms with Crippen LogP contribution in [-0.4, -0.2) is 24.2 Å². The Morgan fingerprint density at radius 3 is 1.50 bits per heavy atom. The molecule has 0 aromatic rings. The average molecular weight is 223 g/mol. The van der Waals surface area contributed by atoms with Crippen molar-refractivity contribution in [2.24, 2.45) is 0 Å². The fourth-order valence-corrected chi connectivity index (χ4v) is 0. The van der Waals surface area contributed by atoms with Crippen LogP contribution in [0.5, 0.6) is 0 Å². The third kappa shape index (κ3) is 4.88. The van der Waals surface area contributed by atoms with Crippen molar-refractivity contribution in [2.45, 2.75) is 4.19 Å². The molecule has 0 aliphatic carbocycles. The Bertz CT molecular complexity index is 40.5. The first-order valence-corrected chi connectivity index (χ1v) is 6.05. The van der Waals surface area contributed by atoms with Gasteiger partial charge in [0.25, 0.3) is 0 Å². The molecule has 0 atom stereocenters. The second kappa shape index (κ2) is 2.25. The molecule has 0 unspecified atom stereocenters. The molecule has 0 N–H and O–H groups in total. The van der Waals surface area contributed by atoms with E-state index in [-0.39, 0.29) is 0 Å². The van der Waals surface area contributed by atoms with Crippen LogP contribution in [0.15, 0.2) is 0 Å². The first kappa shape index (κ1) is 6.88. The summed E-state index contributed by atoms with van der Waals surface area (Å²) >= 11 is -2.50. The fraction of sp³-hybridized carbons (Fsp3) is 1.00. The Kier molecular flexibility index (Phi) is 2.58. The molecule has 0 spiro atoms. The predicted octanol–water partition coefficient (Wildman–Crippen LogP) is 1.36. The molecule has 0 nitrogen and oxygen atoms in total. The Balaban J connectivity index is 3.17. The van der Waals surface area contributed by atoms with Crippen LogP contribution >= 0.6 is 8.92 Å². The van der Waals surface area contributed by atoms with E-state index in [0.29, 0.717) is 0 Å². The molecule has 36 valence electrons. The monoisotopic (exact) mass is 224 g/mol. The molecular formula is CClF3Sn. The summed E-state index contributed by atoms with van der Waals surface area (Å²) in [5.74, 6) is 0. The molecule has 0 aliphatic heterocycles. The van der Waals surface area contributed by atoms with Gasteiger partial charge in [0, 0.05) is 0 Å². The third-order valence-corrected chi connectivity index (χ3v) is 2.16. The maximum atomic E-state index is 10.7. The number of alkyl halides is 3. The van der Waals surface area contributed by atoms with Crippen LogP contribution in [0.4, 0.5) is 13.2 Å². The van der Waals surface area contributed by atoms with Gasteiger partial charge in [-0.1, -0.05) is 0 Å². The van der Waals surface area contributed by atoms with E-state index in [1.807, 2.05) is 0 Å². The second-order valence-electron chi connectivity index (χ2n) is 0.592. The summed E-state index contributed by atoms with van der Waals surface area (Å²) in [6, 6.07) is 0. The summed E-state index contributed by atoms with van der Waals surface area (Å²) < 4.78 is 28.2. The Labute approximate surface area is 46.6 Å². The van der Waals surface area contributed by atoms with Crippen LogP contribution in [0, 0.1) is 0 Å². The van der Waals surface area contributed by atoms with Gasteiger partial charge in [-0.3, -0.25) is 0 Å². The van der Waals surface area contributed by atoms with Crippen LogP contribution in [0.3, 0.4) is 0 Å². The van der Waals surface area contributed by atoms with E-state index in [0.717, 1.165) is 0 Å². The van der Waals surface area contributed by atoms with Crippen molar-refractivity contribution >= 4 is 28.9 Å². The zero-order valence-corrected chi connectivity index (χ0v) is 6.12. The van der Waals surface area contributed by atoms with E-state index in [1.54, 1.807) is 0 Å². The van der Waals surface area contributed by atoms with Crippen molar-refractivity contribution in [2.75, 3.05) is 0 Å². The summed E-state index contributed by atoms with van der Waals surface area (Å²) in [7, 11) is 4.52. The van der Waals surface area contributed by atoms with Gasteiger partial charge in [0.1, 0.15) is 0 Å². The van der Waals surface area contributed by atoms with Gasteiger partial charge in [0.05, 0.1) is 0 Å². The molecule has 0 saturated carbocycles. The molecule has 0 fully saturated rings. The van der Waals surface area contributed by atoms with Gasteiger partial charge in [-0.2, -0.15) is 0 Å². The van der Waals surface area contributed by atoms with Crippen molar-refractivity contribution in [1.29, 1.82) is 0 Å². The van der Waals surface area contributed by atoms with Crippen molar-refractivity contribution < 1.29 is 13.2 Å². The molecule has 5 heteroatoms. The Morgan fingerprint density at radius 2 is 1.50 bits per heavy atom. The summed E-state index contributed by atoms with van der Waals surface area (Å²) in [5, 5.41) is 0. The van der Waals surface area contributed by atoms with Gasteiger partial charge in [-0.25, -0.2) is 0 Å². The summed E-state index contributed by atoms with van der Waals surface area (Å²) in [4.78, 5) is 0. The minimum absolute atomic E-state index is 2.50. The molecule has 0 bridgehead atoms. The molecular weight excluding hydrogens is 223 g/mol. The minimum atomic E-state index is -4.02. The standard InChI is InChI=1S/CF3.ClH.Sn/c2-1(3)4;;/h;1H;/q;;+1/p-1. The quantitative estimate of drug-likeness (QED) is 0.544. The zero-order valence-electron chi connectivity index (χ0n) is 2.51. The van der Waals surface area contributed by atoms with E-state index in [2.05, 4.69) is 8.92 Å². The summed E-state index contributed by atoms with van der Waals surface area (Å²) in [6.45, 7) is 0. The van der Waals surface area contributed by atoms with Crippen LogP contribution in [0.1, 0.15) is 0 Å². The summed E-state index contributed by atoms with van der Waals surface area (Å²) in [6.07, 6.45) is 0. The number of hydrogen-bond donors (Lipinski definition) is 0. The van der Waals surface area contributed by atoms with Gasteiger partial charge in [0.15, 0.2) is 0 Å². The topological polar surface area (TPSA) is 0 Å². The van der Waals surface area contributed by atoms with Crippen molar-refractivity contribution in [3.05, 3.63) is 0 Å². The molecule has 0 heterocycles. The van der Waals surface area contributed by atoms with E-state index in [9.17, 15) is 13.2 Å². The Morgan fingerprint density at radius 1 is 1.33 bits per heavy atom. The van der Waals surface area contributed by atoms with E-state index in [1.165, 1.54) is 0 Å². The van der Waals surface area contributed by atoms with Gasteiger partial charge >= 0.3 is 46.3 Å². The number of halogens is 4. The number of hydrogen-bond acceptors (Lipinski definition) is 0. The van der Waals surface area contributed by atoms with E-state index < -0.39 is 24.2 Å². The predicted molar refractivity (Wildman–Crippen MR) is 17.7 cm³/mol. The molecule has 0 rings (SSSR count). The van der Waals surface area contributed by atoms with Gasteiger partial charge in [-0.15, -0.1) is 0 Å². The van der Waals surface area contributed by atoms with Crippen LogP contribution in [0.2, 0.25) is 0 Å². The van der Waals surface area contributed by atoms with Gasteiger partial charge in [-0.05, 0) is 0 Å². The van der Waals surface area contributed by atoms with Crippen molar-refractivity contribution in [1.82, 2.24) is 0 Å². The number of rotatable bonds is 0. The Hall–Kier alpha value is 0.879. The molecule has 0 aliphatic rings. The molecule has 2 radical (unpaired) electrons. The molecule has 0 aromatic carbocycles. The first-order chi connectivity index (χ1) is 2.56. The molecule has 0 amide bonds. The van der Waals surface area contributed by atoms with Gasteiger partial charge in [0.2, 0.25) is 0 Å². The van der Waals surface area contributed by atoms with Crippen LogP contribution in [-0.2, 0) is 0 Å². The first-order valence-electron chi connectivity index (χ1n) is 1.01. The SMILES string of the molecule is F[C](F)(F)[Sn][Cl]. The second-order valence-corrected chi connectivity index (χ2v) is 4.02. The van der Waals surface area contributed by atoms with E-state index >= 15 is 0 Å². The third-order valence-electron chi connectivity index (χ3n) is 0.107. The summed E-state index contributed by atoms with van der Waals surface area (Å²) in [5.41, 5.74) is 0. The molecule has 0 aromatic heterocycles. The fourth-order valence-electron chi connectivity index (χ4n) is 0.